The molecule has 0 saturated carbocycles. The van der Waals surface area contributed by atoms with E-state index >= 15 is 0 Å². The van der Waals surface area contributed by atoms with Crippen LogP contribution in [-0.2, 0) is 17.6 Å². The molecule has 2 aliphatic heterocycles. The van der Waals surface area contributed by atoms with Gasteiger partial charge in [0.25, 0.3) is 0 Å². The summed E-state index contributed by atoms with van der Waals surface area (Å²) in [6, 6.07) is 12.8. The summed E-state index contributed by atoms with van der Waals surface area (Å²) in [4.78, 5) is 9.91. The van der Waals surface area contributed by atoms with Crippen molar-refractivity contribution < 1.29 is 13.9 Å². The van der Waals surface area contributed by atoms with Crippen molar-refractivity contribution >= 4 is 29.9 Å². The molecule has 176 valence electrons. The predicted octanol–water partition coefficient (Wildman–Crippen LogP) is 3.04. The van der Waals surface area contributed by atoms with Gasteiger partial charge in [0.2, 0.25) is 0 Å². The third kappa shape index (κ3) is 7.11. The van der Waals surface area contributed by atoms with E-state index in [9.17, 15) is 0 Å². The number of nitrogens with one attached hydrogen (secondary N) is 1. The van der Waals surface area contributed by atoms with E-state index in [-0.39, 0.29) is 24.0 Å². The molecule has 32 heavy (non-hydrogen) atoms. The van der Waals surface area contributed by atoms with E-state index in [2.05, 4.69) is 27.2 Å². The lowest BCUT2D eigenvalue weighted by Gasteiger charge is -2.32. The van der Waals surface area contributed by atoms with Crippen LogP contribution in [0.25, 0.3) is 0 Å². The summed E-state index contributed by atoms with van der Waals surface area (Å²) in [5, 5.41) is 3.61. The van der Waals surface area contributed by atoms with Gasteiger partial charge < -0.3 is 24.1 Å². The number of guanidine groups is 1. The molecule has 7 nitrogen and oxygen atoms in total. The highest BCUT2D eigenvalue weighted by atomic mass is 127. The molecule has 8 heteroatoms. The molecule has 1 unspecified atom stereocenters. The minimum atomic E-state index is 0. The van der Waals surface area contributed by atoms with Crippen LogP contribution in [0.3, 0.4) is 0 Å². The Morgan fingerprint density at radius 3 is 2.66 bits per heavy atom. The third-order valence-corrected chi connectivity index (χ3v) is 6.08. The van der Waals surface area contributed by atoms with Gasteiger partial charge in [-0.3, -0.25) is 9.89 Å². The molecule has 0 spiro atoms. The molecule has 1 aromatic heterocycles. The summed E-state index contributed by atoms with van der Waals surface area (Å²) in [5.74, 6) is 2.88. The van der Waals surface area contributed by atoms with Crippen LogP contribution in [0.4, 0.5) is 0 Å². The lowest BCUT2D eigenvalue weighted by Crippen LogP contribution is -2.47. The van der Waals surface area contributed by atoms with Gasteiger partial charge in [-0.1, -0.05) is 12.1 Å². The van der Waals surface area contributed by atoms with Crippen LogP contribution in [0.1, 0.15) is 17.7 Å². The van der Waals surface area contributed by atoms with Gasteiger partial charge in [0, 0.05) is 51.7 Å². The van der Waals surface area contributed by atoms with Crippen molar-refractivity contribution in [3.63, 3.8) is 0 Å². The van der Waals surface area contributed by atoms with Gasteiger partial charge in [0.15, 0.2) is 5.96 Å². The molecule has 3 heterocycles. The third-order valence-electron chi connectivity index (χ3n) is 6.08. The van der Waals surface area contributed by atoms with Crippen molar-refractivity contribution in [3.8, 4) is 5.75 Å². The van der Waals surface area contributed by atoms with Gasteiger partial charge in [-0.15, -0.1) is 24.0 Å². The van der Waals surface area contributed by atoms with E-state index < -0.39 is 0 Å². The Morgan fingerprint density at radius 2 is 1.94 bits per heavy atom. The highest BCUT2D eigenvalue weighted by molar-refractivity contribution is 14.0. The van der Waals surface area contributed by atoms with Crippen LogP contribution in [0.2, 0.25) is 0 Å². The first kappa shape index (κ1) is 24.9. The summed E-state index contributed by atoms with van der Waals surface area (Å²) < 4.78 is 16.2. The number of benzene rings is 1. The Kier molecular flexibility index (Phi) is 10.1. The highest BCUT2D eigenvalue weighted by Gasteiger charge is 2.30. The molecule has 0 aliphatic carbocycles. The van der Waals surface area contributed by atoms with E-state index in [0.717, 1.165) is 82.8 Å². The summed E-state index contributed by atoms with van der Waals surface area (Å²) in [7, 11) is 1.70. The van der Waals surface area contributed by atoms with Gasteiger partial charge >= 0.3 is 0 Å². The normalized spacial score (nSPS) is 19.6. The molecule has 1 aromatic carbocycles. The molecular formula is C24H35IN4O3. The average molecular weight is 554 g/mol. The molecule has 2 aliphatic rings. The monoisotopic (exact) mass is 554 g/mol. The van der Waals surface area contributed by atoms with E-state index in [1.165, 1.54) is 12.0 Å². The summed E-state index contributed by atoms with van der Waals surface area (Å²) >= 11 is 0. The zero-order chi connectivity index (χ0) is 21.3. The van der Waals surface area contributed by atoms with E-state index in [1.54, 1.807) is 13.4 Å². The molecule has 4 rings (SSSR count). The maximum atomic E-state index is 5.52. The number of morpholine rings is 1. The number of likely N-dealkylation sites (tertiary alicyclic amines) is 1. The topological polar surface area (TPSA) is 62.5 Å². The molecule has 0 bridgehead atoms. The minimum Gasteiger partial charge on any atom is -0.497 e. The molecule has 1 N–H and O–H groups in total. The Hall–Kier alpha value is -1.78. The smallest absolute Gasteiger partial charge is 0.194 e. The van der Waals surface area contributed by atoms with E-state index in [1.807, 2.05) is 24.3 Å². The van der Waals surface area contributed by atoms with Gasteiger partial charge in [-0.25, -0.2) is 0 Å². The van der Waals surface area contributed by atoms with Crippen molar-refractivity contribution in [2.24, 2.45) is 4.99 Å². The van der Waals surface area contributed by atoms with Crippen LogP contribution >= 0.6 is 24.0 Å². The van der Waals surface area contributed by atoms with Crippen molar-refractivity contribution in [1.29, 1.82) is 0 Å². The number of hydrogen-bond donors (Lipinski definition) is 1. The maximum Gasteiger partial charge on any atom is 0.194 e. The maximum absolute atomic E-state index is 5.52. The minimum absolute atomic E-state index is 0. The van der Waals surface area contributed by atoms with Gasteiger partial charge in [-0.2, -0.15) is 0 Å². The van der Waals surface area contributed by atoms with Crippen LogP contribution in [0.5, 0.6) is 5.75 Å². The first-order chi connectivity index (χ1) is 15.3. The van der Waals surface area contributed by atoms with E-state index in [0.29, 0.717) is 6.04 Å². The first-order valence-corrected chi connectivity index (χ1v) is 11.3. The van der Waals surface area contributed by atoms with Crippen molar-refractivity contribution in [1.82, 2.24) is 15.1 Å². The highest BCUT2D eigenvalue weighted by Crippen LogP contribution is 2.17. The predicted molar refractivity (Wildman–Crippen MR) is 137 cm³/mol. The van der Waals surface area contributed by atoms with Gasteiger partial charge in [0.1, 0.15) is 11.5 Å². The Balaban J connectivity index is 0.00000289. The number of furan rings is 1. The molecule has 1 atom stereocenters. The first-order valence-electron chi connectivity index (χ1n) is 11.3. The second-order valence-corrected chi connectivity index (χ2v) is 8.10. The Bertz CT molecular complexity index is 807. The Morgan fingerprint density at radius 1 is 1.12 bits per heavy atom. The van der Waals surface area contributed by atoms with Crippen molar-refractivity contribution in [2.45, 2.75) is 25.3 Å². The number of ether oxygens (including phenoxy) is 2. The number of methoxy groups -OCH3 is 1. The number of nitrogens with zero attached hydrogens (tertiary/aromatic N) is 3. The summed E-state index contributed by atoms with van der Waals surface area (Å²) in [5.41, 5.74) is 1.29. The number of halogens is 1. The zero-order valence-corrected chi connectivity index (χ0v) is 21.2. The average Bonchev–Trinajstić information content (AvgIpc) is 3.52. The lowest BCUT2D eigenvalue weighted by molar-refractivity contribution is 0.0195. The molecule has 2 aromatic rings. The molecule has 2 fully saturated rings. The van der Waals surface area contributed by atoms with E-state index in [4.69, 9.17) is 18.9 Å². The SMILES string of the molecule is COc1ccc(CCNC(=NCCc2ccco2)N2CCC(N3CCOCC3)C2)cc1.I. The summed E-state index contributed by atoms with van der Waals surface area (Å²) in [6.07, 6.45) is 4.66. The molecule has 0 amide bonds. The number of rotatable bonds is 8. The fraction of sp³-hybridized carbons (Fsp3) is 0.542. The lowest BCUT2D eigenvalue weighted by atomic mass is 10.1. The van der Waals surface area contributed by atoms with Crippen molar-refractivity contribution in [3.05, 3.63) is 54.0 Å². The second kappa shape index (κ2) is 13.1. The standard InChI is InChI=1S/C24H34N4O3.HI/c1-29-22-6-4-20(5-7-22)8-11-25-24(26-12-9-23-3-2-16-31-23)28-13-10-21(19-28)27-14-17-30-18-15-27;/h2-7,16,21H,8-15,17-19H2,1H3,(H,25,26);1H. The Labute approximate surface area is 208 Å². The van der Waals surface area contributed by atoms with Crippen LogP contribution in [0, 0.1) is 0 Å². The van der Waals surface area contributed by atoms with Crippen LogP contribution in [0.15, 0.2) is 52.1 Å². The number of hydrogen-bond acceptors (Lipinski definition) is 5. The largest absolute Gasteiger partial charge is 0.497 e. The van der Waals surface area contributed by atoms with Crippen LogP contribution < -0.4 is 10.1 Å². The second-order valence-electron chi connectivity index (χ2n) is 8.10. The van der Waals surface area contributed by atoms with Gasteiger partial charge in [0.05, 0.1) is 26.6 Å². The molecule has 2 saturated heterocycles. The fourth-order valence-corrected chi connectivity index (χ4v) is 4.28. The van der Waals surface area contributed by atoms with Crippen LogP contribution in [-0.4, -0.2) is 81.4 Å². The number of aliphatic imine (C=N–C) groups is 1. The molecule has 0 radical (unpaired) electrons. The van der Waals surface area contributed by atoms with Crippen molar-refractivity contribution in [2.75, 3.05) is 59.6 Å². The summed E-state index contributed by atoms with van der Waals surface area (Å²) in [6.45, 7) is 7.40. The molecular weight excluding hydrogens is 519 g/mol. The fourth-order valence-electron chi connectivity index (χ4n) is 4.28. The quantitative estimate of drug-likeness (QED) is 0.308. The van der Waals surface area contributed by atoms with Gasteiger partial charge in [-0.05, 0) is 42.7 Å². The zero-order valence-electron chi connectivity index (χ0n) is 18.9.